The van der Waals surface area contributed by atoms with Gasteiger partial charge in [0.2, 0.25) is 5.82 Å². The summed E-state index contributed by atoms with van der Waals surface area (Å²) in [6.45, 7) is 2.05. The van der Waals surface area contributed by atoms with E-state index in [4.69, 9.17) is 9.26 Å². The molecule has 0 fully saturated rings. The van der Waals surface area contributed by atoms with Gasteiger partial charge in [-0.25, -0.2) is 0 Å². The molecule has 2 aromatic carbocycles. The Morgan fingerprint density at radius 1 is 1.00 bits per heavy atom. The molecular weight excluding hydrogens is 316 g/mol. The van der Waals surface area contributed by atoms with E-state index in [-0.39, 0.29) is 0 Å². The average molecular weight is 332 g/mol. The van der Waals surface area contributed by atoms with Crippen LogP contribution in [0, 0.1) is 6.92 Å². The standard InChI is InChI=1S/C19H16N4O2/c1-12-7-3-4-8-13(12)15-11-16(22-21-15)19-20-18(23-25-19)14-9-5-6-10-17(14)24-2/h3-11H,1-2H3,(H,21,22). The van der Waals surface area contributed by atoms with Crippen LogP contribution in [0.5, 0.6) is 5.75 Å². The van der Waals surface area contributed by atoms with Crippen molar-refractivity contribution in [3.05, 3.63) is 60.2 Å². The highest BCUT2D eigenvalue weighted by Crippen LogP contribution is 2.30. The van der Waals surface area contributed by atoms with Crippen LogP contribution in [-0.4, -0.2) is 27.4 Å². The number of rotatable bonds is 4. The number of para-hydroxylation sites is 1. The summed E-state index contributed by atoms with van der Waals surface area (Å²) in [7, 11) is 1.61. The minimum absolute atomic E-state index is 0.383. The number of ether oxygens (including phenoxy) is 1. The molecule has 4 rings (SSSR count). The average Bonchev–Trinajstić information content (AvgIpc) is 3.31. The Balaban J connectivity index is 1.69. The van der Waals surface area contributed by atoms with Crippen LogP contribution < -0.4 is 4.74 Å². The van der Waals surface area contributed by atoms with Gasteiger partial charge in [0.05, 0.1) is 18.4 Å². The van der Waals surface area contributed by atoms with Crippen LogP contribution in [0.15, 0.2) is 59.1 Å². The molecule has 2 heterocycles. The third-order valence-electron chi connectivity index (χ3n) is 4.00. The van der Waals surface area contributed by atoms with Gasteiger partial charge in [0.25, 0.3) is 5.89 Å². The topological polar surface area (TPSA) is 76.8 Å². The Morgan fingerprint density at radius 3 is 2.56 bits per heavy atom. The SMILES string of the molecule is COc1ccccc1-c1noc(-c2cc(-c3ccccc3C)n[nH]2)n1. The third-order valence-corrected chi connectivity index (χ3v) is 4.00. The van der Waals surface area contributed by atoms with Crippen molar-refractivity contribution in [2.24, 2.45) is 0 Å². The molecule has 0 unspecified atom stereocenters. The Labute approximate surface area is 144 Å². The first-order valence-electron chi connectivity index (χ1n) is 7.85. The molecule has 25 heavy (non-hydrogen) atoms. The van der Waals surface area contributed by atoms with Crippen LogP contribution in [0.25, 0.3) is 34.2 Å². The van der Waals surface area contributed by atoms with E-state index >= 15 is 0 Å². The number of aromatic amines is 1. The molecule has 2 aromatic heterocycles. The zero-order valence-electron chi connectivity index (χ0n) is 13.9. The van der Waals surface area contributed by atoms with Crippen molar-refractivity contribution in [3.8, 4) is 40.0 Å². The van der Waals surface area contributed by atoms with Crippen LogP contribution in [0.4, 0.5) is 0 Å². The van der Waals surface area contributed by atoms with Gasteiger partial charge in [-0.15, -0.1) is 0 Å². The van der Waals surface area contributed by atoms with E-state index in [1.807, 2.05) is 48.5 Å². The quantitative estimate of drug-likeness (QED) is 0.608. The molecule has 124 valence electrons. The van der Waals surface area contributed by atoms with Crippen molar-refractivity contribution in [1.29, 1.82) is 0 Å². The monoisotopic (exact) mass is 332 g/mol. The number of hydrogen-bond acceptors (Lipinski definition) is 5. The van der Waals surface area contributed by atoms with E-state index in [1.54, 1.807) is 7.11 Å². The summed E-state index contributed by atoms with van der Waals surface area (Å²) >= 11 is 0. The molecule has 0 aliphatic carbocycles. The minimum Gasteiger partial charge on any atom is -0.496 e. The van der Waals surface area contributed by atoms with Gasteiger partial charge in [-0.3, -0.25) is 5.10 Å². The van der Waals surface area contributed by atoms with Gasteiger partial charge in [0.1, 0.15) is 11.4 Å². The second-order valence-electron chi connectivity index (χ2n) is 5.61. The minimum atomic E-state index is 0.383. The van der Waals surface area contributed by atoms with Gasteiger partial charge in [-0.05, 0) is 30.7 Å². The summed E-state index contributed by atoms with van der Waals surface area (Å²) < 4.78 is 10.7. The summed E-state index contributed by atoms with van der Waals surface area (Å²) in [6, 6.07) is 17.5. The predicted molar refractivity (Wildman–Crippen MR) is 94.0 cm³/mol. The van der Waals surface area contributed by atoms with Crippen molar-refractivity contribution in [2.75, 3.05) is 7.11 Å². The highest BCUT2D eigenvalue weighted by Gasteiger charge is 2.16. The van der Waals surface area contributed by atoms with Crippen molar-refractivity contribution in [3.63, 3.8) is 0 Å². The maximum Gasteiger partial charge on any atom is 0.276 e. The van der Waals surface area contributed by atoms with Crippen LogP contribution >= 0.6 is 0 Å². The van der Waals surface area contributed by atoms with Crippen molar-refractivity contribution in [2.45, 2.75) is 6.92 Å². The first kappa shape index (κ1) is 15.1. The molecule has 6 heteroatoms. The molecule has 0 saturated heterocycles. The van der Waals surface area contributed by atoms with Crippen LogP contribution in [0.1, 0.15) is 5.56 Å². The van der Waals surface area contributed by atoms with Gasteiger partial charge >= 0.3 is 0 Å². The van der Waals surface area contributed by atoms with Crippen LogP contribution in [0.2, 0.25) is 0 Å². The second kappa shape index (κ2) is 6.24. The zero-order valence-corrected chi connectivity index (χ0v) is 13.9. The number of aryl methyl sites for hydroxylation is 1. The molecule has 0 bridgehead atoms. The third kappa shape index (κ3) is 2.78. The van der Waals surface area contributed by atoms with Crippen LogP contribution in [-0.2, 0) is 0 Å². The van der Waals surface area contributed by atoms with Crippen molar-refractivity contribution < 1.29 is 9.26 Å². The van der Waals surface area contributed by atoms with E-state index in [0.29, 0.717) is 23.2 Å². The lowest BCUT2D eigenvalue weighted by molar-refractivity contribution is 0.413. The Morgan fingerprint density at radius 2 is 1.76 bits per heavy atom. The fourth-order valence-electron chi connectivity index (χ4n) is 2.70. The van der Waals surface area contributed by atoms with Crippen molar-refractivity contribution >= 4 is 0 Å². The summed E-state index contributed by atoms with van der Waals surface area (Å²) in [5.41, 5.74) is 4.51. The molecular formula is C19H16N4O2. The largest absolute Gasteiger partial charge is 0.496 e. The molecule has 0 amide bonds. The van der Waals surface area contributed by atoms with Gasteiger partial charge in [0.15, 0.2) is 0 Å². The second-order valence-corrected chi connectivity index (χ2v) is 5.61. The van der Waals surface area contributed by atoms with Crippen molar-refractivity contribution in [1.82, 2.24) is 20.3 Å². The normalized spacial score (nSPS) is 10.8. The zero-order chi connectivity index (χ0) is 17.2. The Hall–Kier alpha value is -3.41. The number of nitrogens with one attached hydrogen (secondary N) is 1. The number of nitrogens with zero attached hydrogens (tertiary/aromatic N) is 3. The molecule has 0 aliphatic rings. The van der Waals surface area contributed by atoms with Crippen LogP contribution in [0.3, 0.4) is 0 Å². The fraction of sp³-hybridized carbons (Fsp3) is 0.105. The number of aromatic nitrogens is 4. The highest BCUT2D eigenvalue weighted by atomic mass is 16.5. The van der Waals surface area contributed by atoms with E-state index in [0.717, 1.165) is 22.4 Å². The highest BCUT2D eigenvalue weighted by molar-refractivity contribution is 5.69. The lowest BCUT2D eigenvalue weighted by Gasteiger charge is -2.02. The number of benzene rings is 2. The Kier molecular flexibility index (Phi) is 3.78. The summed E-state index contributed by atoms with van der Waals surface area (Å²) in [4.78, 5) is 4.46. The predicted octanol–water partition coefficient (Wildman–Crippen LogP) is 4.11. The van der Waals surface area contributed by atoms with E-state index in [1.165, 1.54) is 0 Å². The molecule has 1 N–H and O–H groups in total. The smallest absolute Gasteiger partial charge is 0.276 e. The van der Waals surface area contributed by atoms with E-state index in [9.17, 15) is 0 Å². The summed E-state index contributed by atoms with van der Waals surface area (Å²) in [5.74, 6) is 1.55. The molecule has 0 aliphatic heterocycles. The molecule has 0 saturated carbocycles. The maximum absolute atomic E-state index is 5.40. The maximum atomic E-state index is 5.40. The van der Waals surface area contributed by atoms with E-state index in [2.05, 4.69) is 33.3 Å². The molecule has 0 radical (unpaired) electrons. The van der Waals surface area contributed by atoms with Gasteiger partial charge in [0, 0.05) is 5.56 Å². The fourth-order valence-corrected chi connectivity index (χ4v) is 2.70. The van der Waals surface area contributed by atoms with Gasteiger partial charge < -0.3 is 9.26 Å². The number of methoxy groups -OCH3 is 1. The number of hydrogen-bond donors (Lipinski definition) is 1. The molecule has 0 spiro atoms. The first-order valence-corrected chi connectivity index (χ1v) is 7.85. The number of H-pyrrole nitrogens is 1. The van der Waals surface area contributed by atoms with Gasteiger partial charge in [-0.1, -0.05) is 41.6 Å². The molecule has 6 nitrogen and oxygen atoms in total. The summed E-state index contributed by atoms with van der Waals surface area (Å²) in [6.07, 6.45) is 0. The molecule has 0 atom stereocenters. The Bertz CT molecular complexity index is 1020. The van der Waals surface area contributed by atoms with E-state index < -0.39 is 0 Å². The lowest BCUT2D eigenvalue weighted by Crippen LogP contribution is -1.88. The van der Waals surface area contributed by atoms with Gasteiger partial charge in [-0.2, -0.15) is 10.1 Å². The lowest BCUT2D eigenvalue weighted by atomic mass is 10.1. The summed E-state index contributed by atoms with van der Waals surface area (Å²) in [5, 5.41) is 11.4. The first-order chi connectivity index (χ1) is 12.3. The molecule has 4 aromatic rings.